The van der Waals surface area contributed by atoms with E-state index in [9.17, 15) is 0 Å². The van der Waals surface area contributed by atoms with Crippen molar-refractivity contribution in [2.45, 2.75) is 0 Å². The highest BCUT2D eigenvalue weighted by molar-refractivity contribution is 5.43. The van der Waals surface area contributed by atoms with Gasteiger partial charge < -0.3 is 4.90 Å². The van der Waals surface area contributed by atoms with Crippen LogP contribution in [0.4, 0.5) is 17.1 Å². The van der Waals surface area contributed by atoms with E-state index in [1.54, 1.807) is 0 Å². The van der Waals surface area contributed by atoms with E-state index in [4.69, 9.17) is 0 Å². The average molecular weight is 303 g/mol. The first-order chi connectivity index (χ1) is 11.3. The van der Waals surface area contributed by atoms with Gasteiger partial charge >= 0.3 is 0 Å². The van der Waals surface area contributed by atoms with Gasteiger partial charge in [-0.2, -0.15) is 10.2 Å². The van der Waals surface area contributed by atoms with Crippen LogP contribution >= 0.6 is 0 Å². The zero-order chi connectivity index (χ0) is 16.3. The minimum Gasteiger partial charge on any atom is -0.378 e. The van der Waals surface area contributed by atoms with Crippen molar-refractivity contribution in [2.75, 3.05) is 19.0 Å². The summed E-state index contributed by atoms with van der Waals surface area (Å²) in [5.74, 6) is 0. The SMILES string of the molecule is CN(C)c1ccccc1.c1ccc(N=Nc2ccccc2)cc1. The molecule has 3 nitrogen and oxygen atoms in total. The third-order valence-electron chi connectivity index (χ3n) is 3.07. The third kappa shape index (κ3) is 6.14. The smallest absolute Gasteiger partial charge is 0.0857 e. The fraction of sp³-hybridized carbons (Fsp3) is 0.100. The predicted molar refractivity (Wildman–Crippen MR) is 97.8 cm³/mol. The normalized spacial score (nSPS) is 10.0. The van der Waals surface area contributed by atoms with Gasteiger partial charge in [0.25, 0.3) is 0 Å². The van der Waals surface area contributed by atoms with E-state index in [0.717, 1.165) is 11.4 Å². The van der Waals surface area contributed by atoms with Gasteiger partial charge in [-0.05, 0) is 36.4 Å². The molecule has 0 fully saturated rings. The zero-order valence-corrected chi connectivity index (χ0v) is 13.5. The molecule has 0 aliphatic rings. The lowest BCUT2D eigenvalue weighted by Crippen LogP contribution is -2.07. The Morgan fingerprint density at radius 2 is 0.870 bits per heavy atom. The second-order valence-electron chi connectivity index (χ2n) is 5.10. The number of benzene rings is 3. The Morgan fingerprint density at radius 1 is 0.522 bits per heavy atom. The first kappa shape index (κ1) is 16.4. The predicted octanol–water partition coefficient (Wildman–Crippen LogP) is 5.85. The summed E-state index contributed by atoms with van der Waals surface area (Å²) in [7, 11) is 4.07. The third-order valence-corrected chi connectivity index (χ3v) is 3.07. The van der Waals surface area contributed by atoms with E-state index in [0.29, 0.717) is 0 Å². The second kappa shape index (κ2) is 9.15. The summed E-state index contributed by atoms with van der Waals surface area (Å²) in [5, 5.41) is 8.20. The van der Waals surface area contributed by atoms with Gasteiger partial charge in [-0.1, -0.05) is 54.6 Å². The first-order valence-corrected chi connectivity index (χ1v) is 7.50. The number of hydrogen-bond acceptors (Lipinski definition) is 3. The number of rotatable bonds is 3. The Kier molecular flexibility index (Phi) is 6.54. The van der Waals surface area contributed by atoms with Crippen molar-refractivity contribution in [1.29, 1.82) is 0 Å². The molecule has 0 bridgehead atoms. The van der Waals surface area contributed by atoms with E-state index >= 15 is 0 Å². The standard InChI is InChI=1S/C12H10N2.C8H11N/c1-3-7-11(8-4-1)13-14-12-9-5-2-6-10-12;1-9(2)8-6-4-3-5-7-8/h1-10H;3-7H,1-2H3. The van der Waals surface area contributed by atoms with Crippen molar-refractivity contribution >= 4 is 17.1 Å². The van der Waals surface area contributed by atoms with Gasteiger partial charge in [-0.25, -0.2) is 0 Å². The van der Waals surface area contributed by atoms with E-state index in [2.05, 4.69) is 27.3 Å². The Bertz CT molecular complexity index is 651. The van der Waals surface area contributed by atoms with Gasteiger partial charge in [-0.3, -0.25) is 0 Å². The van der Waals surface area contributed by atoms with E-state index in [1.807, 2.05) is 93.0 Å². The molecule has 0 heterocycles. The maximum absolute atomic E-state index is 4.10. The van der Waals surface area contributed by atoms with Crippen LogP contribution < -0.4 is 4.90 Å². The van der Waals surface area contributed by atoms with Crippen molar-refractivity contribution < 1.29 is 0 Å². The number of hydrogen-bond donors (Lipinski definition) is 0. The Morgan fingerprint density at radius 3 is 1.17 bits per heavy atom. The number of nitrogens with zero attached hydrogens (tertiary/aromatic N) is 3. The summed E-state index contributed by atoms with van der Waals surface area (Å²) >= 11 is 0. The molecule has 0 radical (unpaired) electrons. The summed E-state index contributed by atoms with van der Waals surface area (Å²) in [6.45, 7) is 0. The summed E-state index contributed by atoms with van der Waals surface area (Å²) < 4.78 is 0. The Hall–Kier alpha value is -2.94. The maximum Gasteiger partial charge on any atom is 0.0857 e. The van der Waals surface area contributed by atoms with Crippen LogP contribution in [0.1, 0.15) is 0 Å². The van der Waals surface area contributed by atoms with Crippen LogP contribution in [0.25, 0.3) is 0 Å². The molecule has 0 saturated carbocycles. The molecule has 0 saturated heterocycles. The van der Waals surface area contributed by atoms with Gasteiger partial charge in [0.1, 0.15) is 0 Å². The molecule has 0 aliphatic carbocycles. The van der Waals surface area contributed by atoms with E-state index in [-0.39, 0.29) is 0 Å². The summed E-state index contributed by atoms with van der Waals surface area (Å²) in [6.07, 6.45) is 0. The highest BCUT2D eigenvalue weighted by Gasteiger charge is 1.88. The number of azo groups is 1. The van der Waals surface area contributed by atoms with Crippen LogP contribution in [0.2, 0.25) is 0 Å². The van der Waals surface area contributed by atoms with E-state index < -0.39 is 0 Å². The number of anilines is 1. The summed E-state index contributed by atoms with van der Waals surface area (Å²) in [5.41, 5.74) is 2.99. The second-order valence-corrected chi connectivity index (χ2v) is 5.10. The topological polar surface area (TPSA) is 28.0 Å². The van der Waals surface area contributed by atoms with Gasteiger partial charge in [-0.15, -0.1) is 0 Å². The van der Waals surface area contributed by atoms with Crippen molar-refractivity contribution in [3.8, 4) is 0 Å². The van der Waals surface area contributed by atoms with Gasteiger partial charge in [0.15, 0.2) is 0 Å². The van der Waals surface area contributed by atoms with Gasteiger partial charge in [0, 0.05) is 19.8 Å². The van der Waals surface area contributed by atoms with E-state index in [1.165, 1.54) is 5.69 Å². The molecule has 0 spiro atoms. The van der Waals surface area contributed by atoms with Crippen molar-refractivity contribution in [2.24, 2.45) is 10.2 Å². The first-order valence-electron chi connectivity index (χ1n) is 7.50. The molecule has 0 unspecified atom stereocenters. The van der Waals surface area contributed by atoms with Crippen molar-refractivity contribution in [1.82, 2.24) is 0 Å². The molecule has 23 heavy (non-hydrogen) atoms. The van der Waals surface area contributed by atoms with Gasteiger partial charge in [0.2, 0.25) is 0 Å². The fourth-order valence-electron chi connectivity index (χ4n) is 1.83. The highest BCUT2D eigenvalue weighted by atomic mass is 15.1. The Balaban J connectivity index is 0.000000185. The number of para-hydroxylation sites is 1. The molecule has 0 amide bonds. The van der Waals surface area contributed by atoms with Crippen LogP contribution in [0.5, 0.6) is 0 Å². The molecule has 3 rings (SSSR count). The van der Waals surface area contributed by atoms with Crippen molar-refractivity contribution in [3.63, 3.8) is 0 Å². The lowest BCUT2D eigenvalue weighted by molar-refractivity contribution is 1.13. The minimum atomic E-state index is 0.872. The highest BCUT2D eigenvalue weighted by Crippen LogP contribution is 2.16. The lowest BCUT2D eigenvalue weighted by Gasteiger charge is -2.10. The maximum atomic E-state index is 4.10. The van der Waals surface area contributed by atoms with Gasteiger partial charge in [0.05, 0.1) is 11.4 Å². The molecular weight excluding hydrogens is 282 g/mol. The molecule has 0 aromatic heterocycles. The van der Waals surface area contributed by atoms with Crippen LogP contribution in [-0.4, -0.2) is 14.1 Å². The largest absolute Gasteiger partial charge is 0.378 e. The Labute approximate surface area is 137 Å². The van der Waals surface area contributed by atoms with Crippen molar-refractivity contribution in [3.05, 3.63) is 91.0 Å². The van der Waals surface area contributed by atoms with Crippen LogP contribution in [0.3, 0.4) is 0 Å². The van der Waals surface area contributed by atoms with Crippen LogP contribution in [-0.2, 0) is 0 Å². The average Bonchev–Trinajstić information content (AvgIpc) is 2.63. The zero-order valence-electron chi connectivity index (χ0n) is 13.5. The molecule has 3 heteroatoms. The monoisotopic (exact) mass is 303 g/mol. The molecule has 0 atom stereocenters. The summed E-state index contributed by atoms with van der Waals surface area (Å²) in [4.78, 5) is 2.08. The fourth-order valence-corrected chi connectivity index (χ4v) is 1.83. The molecule has 116 valence electrons. The van der Waals surface area contributed by atoms with Crippen LogP contribution in [0.15, 0.2) is 101 Å². The minimum absolute atomic E-state index is 0.872. The molecular formula is C20H21N3. The quantitative estimate of drug-likeness (QED) is 0.557. The molecule has 0 aliphatic heterocycles. The molecule has 3 aromatic rings. The lowest BCUT2D eigenvalue weighted by atomic mass is 10.3. The summed E-state index contributed by atoms with van der Waals surface area (Å²) in [6, 6.07) is 29.6. The van der Waals surface area contributed by atoms with Crippen LogP contribution in [0, 0.1) is 0 Å². The molecule has 0 N–H and O–H groups in total. The molecule has 3 aromatic carbocycles.